The largest absolute Gasteiger partial charge is 0.311 e. The van der Waals surface area contributed by atoms with Gasteiger partial charge in [0.1, 0.15) is 0 Å². The Morgan fingerprint density at radius 3 is 1.03 bits per heavy atom. The summed E-state index contributed by atoms with van der Waals surface area (Å²) in [5.41, 5.74) is 17.8. The van der Waals surface area contributed by atoms with Crippen molar-refractivity contribution in [1.29, 1.82) is 0 Å². The Kier molecular flexibility index (Phi) is 11.6. The summed E-state index contributed by atoms with van der Waals surface area (Å²) in [6, 6.07) is 108. The Morgan fingerprint density at radius 2 is 0.532 bits per heavy atom. The summed E-state index contributed by atoms with van der Waals surface area (Å²) < 4.78 is 0. The van der Waals surface area contributed by atoms with E-state index in [0.29, 0.717) is 0 Å². The third-order valence-electron chi connectivity index (χ3n) is 15.5. The Labute approximate surface area is 449 Å². The van der Waals surface area contributed by atoms with Crippen LogP contribution in [-0.4, -0.2) is 0 Å². The molecule has 1 nitrogen and oxygen atoms in total. The minimum absolute atomic E-state index is 1.09. The van der Waals surface area contributed by atoms with Gasteiger partial charge in [0.05, 0.1) is 0 Å². The van der Waals surface area contributed by atoms with Gasteiger partial charge in [-0.3, -0.25) is 0 Å². The van der Waals surface area contributed by atoms with Crippen molar-refractivity contribution in [1.82, 2.24) is 0 Å². The van der Waals surface area contributed by atoms with Gasteiger partial charge in [-0.05, 0) is 157 Å². The van der Waals surface area contributed by atoms with Gasteiger partial charge in [-0.1, -0.05) is 273 Å². The minimum Gasteiger partial charge on any atom is -0.311 e. The molecule has 14 aromatic carbocycles. The fourth-order valence-electron chi connectivity index (χ4n) is 11.8. The number of hydrogen-bond acceptors (Lipinski definition) is 1. The summed E-state index contributed by atoms with van der Waals surface area (Å²) in [6.45, 7) is 0. The highest BCUT2D eigenvalue weighted by Gasteiger charge is 2.20. The van der Waals surface area contributed by atoms with Crippen LogP contribution in [0.15, 0.2) is 297 Å². The van der Waals surface area contributed by atoms with Gasteiger partial charge in [0.2, 0.25) is 0 Å². The van der Waals surface area contributed by atoms with Crippen molar-refractivity contribution in [3.63, 3.8) is 0 Å². The normalized spacial score (nSPS) is 11.6. The Bertz CT molecular complexity index is 4370. The third-order valence-corrected chi connectivity index (χ3v) is 15.5. The number of nitrogens with zero attached hydrogens (tertiary/aromatic N) is 1. The molecule has 77 heavy (non-hydrogen) atoms. The zero-order valence-corrected chi connectivity index (χ0v) is 42.4. The van der Waals surface area contributed by atoms with E-state index in [1.54, 1.807) is 0 Å². The lowest BCUT2D eigenvalue weighted by Gasteiger charge is -2.26. The Hall–Kier alpha value is -10.1. The van der Waals surface area contributed by atoms with Crippen LogP contribution < -0.4 is 4.90 Å². The SMILES string of the molecule is C(=Cc1ccc(-c2c3ccccc3c(-c3ccc(N(c4ccc(-c5ccccc5)cc4)c4ccc(-c5ccccc5)cc4)cc3)c3ccccc23)c2ccccc12)c1ccc(-c2cccc3ccccc23)c2ccccc12. The van der Waals surface area contributed by atoms with Crippen molar-refractivity contribution >= 4 is 83.1 Å². The van der Waals surface area contributed by atoms with Crippen LogP contribution in [0.5, 0.6) is 0 Å². The van der Waals surface area contributed by atoms with E-state index in [-0.39, 0.29) is 0 Å². The molecule has 0 heterocycles. The highest BCUT2D eigenvalue weighted by Crippen LogP contribution is 2.47. The molecule has 0 bridgehead atoms. The number of anilines is 3. The van der Waals surface area contributed by atoms with E-state index in [4.69, 9.17) is 0 Å². The number of hydrogen-bond donors (Lipinski definition) is 0. The molecule has 0 fully saturated rings. The fraction of sp³-hybridized carbons (Fsp3) is 0. The van der Waals surface area contributed by atoms with E-state index >= 15 is 0 Å². The van der Waals surface area contributed by atoms with E-state index in [2.05, 4.69) is 314 Å². The van der Waals surface area contributed by atoms with Crippen molar-refractivity contribution in [2.75, 3.05) is 4.90 Å². The van der Waals surface area contributed by atoms with Gasteiger partial charge in [0, 0.05) is 17.1 Å². The lowest BCUT2D eigenvalue weighted by Crippen LogP contribution is -2.09. The molecule has 360 valence electrons. The standard InChI is InChI=1S/C76H51N/c1-3-18-52(19-4-1)54-36-44-60(45-37-54)77(61-46-38-55(39-47-61)53-20-5-2-6-21-53)62-48-40-59(41-49-62)75-70-29-13-15-31-72(70)76(73-32-16-14-30-71(73)75)74-51-43-58(65-26-10-12-28-68(65)74)35-34-57-42-50-69(66-27-11-9-25-64(57)66)67-33-17-23-56-22-7-8-24-63(56)67/h1-51H. The van der Waals surface area contributed by atoms with Gasteiger partial charge in [-0.15, -0.1) is 0 Å². The van der Waals surface area contributed by atoms with Crippen LogP contribution in [0.3, 0.4) is 0 Å². The lowest BCUT2D eigenvalue weighted by atomic mass is 9.84. The molecule has 0 radical (unpaired) electrons. The minimum atomic E-state index is 1.09. The fourth-order valence-corrected chi connectivity index (χ4v) is 11.8. The van der Waals surface area contributed by atoms with E-state index in [1.165, 1.54) is 121 Å². The van der Waals surface area contributed by atoms with Gasteiger partial charge in [0.25, 0.3) is 0 Å². The van der Waals surface area contributed by atoms with E-state index < -0.39 is 0 Å². The van der Waals surface area contributed by atoms with Crippen molar-refractivity contribution in [2.24, 2.45) is 0 Å². The third kappa shape index (κ3) is 8.32. The van der Waals surface area contributed by atoms with Gasteiger partial charge >= 0.3 is 0 Å². The predicted molar refractivity (Wildman–Crippen MR) is 331 cm³/mol. The summed E-state index contributed by atoms with van der Waals surface area (Å²) in [4.78, 5) is 2.36. The first-order valence-corrected chi connectivity index (χ1v) is 26.6. The molecule has 0 aliphatic carbocycles. The molecule has 0 spiro atoms. The molecule has 0 aliphatic heterocycles. The number of fused-ring (bicyclic) bond motifs is 5. The quantitative estimate of drug-likeness (QED) is 0.0975. The molecule has 0 unspecified atom stereocenters. The average Bonchev–Trinajstić information content (AvgIpc) is 3.54. The van der Waals surface area contributed by atoms with Crippen LogP contribution in [0.4, 0.5) is 17.1 Å². The predicted octanol–water partition coefficient (Wildman–Crippen LogP) is 21.4. The van der Waals surface area contributed by atoms with Crippen molar-refractivity contribution in [2.45, 2.75) is 0 Å². The maximum absolute atomic E-state index is 2.36. The molecule has 1 heteroatoms. The molecule has 0 aliphatic rings. The molecule has 0 amide bonds. The van der Waals surface area contributed by atoms with Crippen LogP contribution in [0.2, 0.25) is 0 Å². The Balaban J connectivity index is 0.849. The van der Waals surface area contributed by atoms with Gasteiger partial charge in [0.15, 0.2) is 0 Å². The van der Waals surface area contributed by atoms with Crippen molar-refractivity contribution in [3.05, 3.63) is 308 Å². The highest BCUT2D eigenvalue weighted by atomic mass is 15.1. The summed E-state index contributed by atoms with van der Waals surface area (Å²) in [5.74, 6) is 0. The summed E-state index contributed by atoms with van der Waals surface area (Å²) in [7, 11) is 0. The lowest BCUT2D eigenvalue weighted by molar-refractivity contribution is 1.28. The molecule has 0 saturated carbocycles. The van der Waals surface area contributed by atoms with Crippen LogP contribution in [0.25, 0.3) is 122 Å². The van der Waals surface area contributed by atoms with E-state index in [9.17, 15) is 0 Å². The Morgan fingerprint density at radius 1 is 0.195 bits per heavy atom. The zero-order chi connectivity index (χ0) is 51.1. The molecule has 14 aromatic rings. The smallest absolute Gasteiger partial charge is 0.0462 e. The van der Waals surface area contributed by atoms with Crippen LogP contribution in [0.1, 0.15) is 11.1 Å². The molecular formula is C76H51N. The second-order valence-electron chi connectivity index (χ2n) is 19.9. The summed E-state index contributed by atoms with van der Waals surface area (Å²) >= 11 is 0. The van der Waals surface area contributed by atoms with Crippen LogP contribution in [0, 0.1) is 0 Å². The molecule has 0 atom stereocenters. The first-order valence-electron chi connectivity index (χ1n) is 26.6. The summed E-state index contributed by atoms with van der Waals surface area (Å²) in [5, 5.41) is 12.4. The molecule has 0 N–H and O–H groups in total. The molecule has 0 saturated heterocycles. The maximum Gasteiger partial charge on any atom is 0.0462 e. The van der Waals surface area contributed by atoms with Gasteiger partial charge < -0.3 is 4.90 Å². The van der Waals surface area contributed by atoms with Gasteiger partial charge in [-0.2, -0.15) is 0 Å². The van der Waals surface area contributed by atoms with Crippen LogP contribution in [-0.2, 0) is 0 Å². The van der Waals surface area contributed by atoms with E-state index in [0.717, 1.165) is 17.1 Å². The second-order valence-corrected chi connectivity index (χ2v) is 19.9. The first kappa shape index (κ1) is 45.5. The monoisotopic (exact) mass is 977 g/mol. The van der Waals surface area contributed by atoms with Crippen molar-refractivity contribution in [3.8, 4) is 55.6 Å². The second kappa shape index (κ2) is 19.6. The van der Waals surface area contributed by atoms with Gasteiger partial charge in [-0.25, -0.2) is 0 Å². The summed E-state index contributed by atoms with van der Waals surface area (Å²) in [6.07, 6.45) is 4.60. The average molecular weight is 978 g/mol. The van der Waals surface area contributed by atoms with Crippen molar-refractivity contribution < 1.29 is 0 Å². The number of benzene rings is 14. The highest BCUT2D eigenvalue weighted by molar-refractivity contribution is 6.24. The van der Waals surface area contributed by atoms with E-state index in [1.807, 2.05) is 0 Å². The zero-order valence-electron chi connectivity index (χ0n) is 42.4. The maximum atomic E-state index is 2.36. The first-order chi connectivity index (χ1) is 38.2. The molecule has 0 aromatic heterocycles. The molecule has 14 rings (SSSR count). The topological polar surface area (TPSA) is 3.24 Å². The van der Waals surface area contributed by atoms with Crippen LogP contribution >= 0.6 is 0 Å². The molecular weight excluding hydrogens is 927 g/mol. The number of rotatable bonds is 10.